The number of thioether (sulfide) groups is 1. The van der Waals surface area contributed by atoms with Crippen molar-refractivity contribution in [3.05, 3.63) is 16.1 Å². The minimum atomic E-state index is 0.603. The summed E-state index contributed by atoms with van der Waals surface area (Å²) in [7, 11) is 0. The van der Waals surface area contributed by atoms with Gasteiger partial charge in [0.25, 0.3) is 0 Å². The van der Waals surface area contributed by atoms with Gasteiger partial charge in [-0.1, -0.05) is 6.92 Å². The number of nitrogens with zero attached hydrogens (tertiary/aromatic N) is 1. The SMILES string of the molecule is CCSCCC(C)NCc1cnc(C)s1. The molecule has 0 bridgehead atoms. The van der Waals surface area contributed by atoms with Crippen LogP contribution in [0.25, 0.3) is 0 Å². The average Bonchev–Trinajstić information content (AvgIpc) is 2.62. The average molecular weight is 244 g/mol. The molecule has 0 aliphatic rings. The summed E-state index contributed by atoms with van der Waals surface area (Å²) in [5.41, 5.74) is 0. The zero-order valence-electron chi connectivity index (χ0n) is 9.75. The Morgan fingerprint density at radius 3 is 3.00 bits per heavy atom. The van der Waals surface area contributed by atoms with Crippen LogP contribution < -0.4 is 5.32 Å². The monoisotopic (exact) mass is 244 g/mol. The molecule has 0 aliphatic carbocycles. The van der Waals surface area contributed by atoms with Crippen molar-refractivity contribution in [2.45, 2.75) is 39.8 Å². The molecular formula is C11H20N2S2. The second-order valence-corrected chi connectivity index (χ2v) is 6.33. The zero-order valence-corrected chi connectivity index (χ0v) is 11.4. The fraction of sp³-hybridized carbons (Fsp3) is 0.727. The summed E-state index contributed by atoms with van der Waals surface area (Å²) in [6.07, 6.45) is 3.22. The first-order valence-corrected chi connectivity index (χ1v) is 7.42. The Balaban J connectivity index is 2.13. The summed E-state index contributed by atoms with van der Waals surface area (Å²) in [4.78, 5) is 5.58. The van der Waals surface area contributed by atoms with E-state index in [0.717, 1.165) is 11.6 Å². The van der Waals surface area contributed by atoms with Crippen LogP contribution in [0.3, 0.4) is 0 Å². The molecule has 0 amide bonds. The van der Waals surface area contributed by atoms with Gasteiger partial charge in [0.05, 0.1) is 5.01 Å². The number of thiazole rings is 1. The quantitative estimate of drug-likeness (QED) is 0.746. The molecule has 0 saturated carbocycles. The van der Waals surface area contributed by atoms with E-state index >= 15 is 0 Å². The van der Waals surface area contributed by atoms with Crippen LogP contribution in [0.5, 0.6) is 0 Å². The lowest BCUT2D eigenvalue weighted by Gasteiger charge is -2.11. The van der Waals surface area contributed by atoms with Crippen molar-refractivity contribution in [1.82, 2.24) is 10.3 Å². The second kappa shape index (κ2) is 7.25. The van der Waals surface area contributed by atoms with Gasteiger partial charge < -0.3 is 5.32 Å². The number of nitrogens with one attached hydrogen (secondary N) is 1. The van der Waals surface area contributed by atoms with Crippen molar-refractivity contribution < 1.29 is 0 Å². The normalized spacial score (nSPS) is 13.0. The van der Waals surface area contributed by atoms with Gasteiger partial charge in [0.1, 0.15) is 0 Å². The third-order valence-corrected chi connectivity index (χ3v) is 4.04. The van der Waals surface area contributed by atoms with Gasteiger partial charge in [-0.2, -0.15) is 11.8 Å². The lowest BCUT2D eigenvalue weighted by molar-refractivity contribution is 0.540. The predicted octanol–water partition coefficient (Wildman–Crippen LogP) is 3.07. The molecule has 1 heterocycles. The second-order valence-electron chi connectivity index (χ2n) is 3.61. The first kappa shape index (κ1) is 13.0. The first-order valence-electron chi connectivity index (χ1n) is 5.44. The van der Waals surface area contributed by atoms with Crippen molar-refractivity contribution in [1.29, 1.82) is 0 Å². The molecule has 0 fully saturated rings. The van der Waals surface area contributed by atoms with E-state index in [9.17, 15) is 0 Å². The van der Waals surface area contributed by atoms with Crippen molar-refractivity contribution in [2.75, 3.05) is 11.5 Å². The maximum absolute atomic E-state index is 4.24. The van der Waals surface area contributed by atoms with Crippen LogP contribution in [-0.4, -0.2) is 22.5 Å². The molecule has 15 heavy (non-hydrogen) atoms. The molecule has 0 spiro atoms. The Morgan fingerprint density at radius 1 is 1.60 bits per heavy atom. The molecule has 0 aromatic carbocycles. The maximum atomic E-state index is 4.24. The summed E-state index contributed by atoms with van der Waals surface area (Å²) < 4.78 is 0. The molecule has 4 heteroatoms. The highest BCUT2D eigenvalue weighted by molar-refractivity contribution is 7.99. The molecule has 1 aromatic heterocycles. The Bertz CT molecular complexity index is 273. The van der Waals surface area contributed by atoms with Gasteiger partial charge in [-0.25, -0.2) is 4.98 Å². The molecule has 0 radical (unpaired) electrons. The summed E-state index contributed by atoms with van der Waals surface area (Å²) >= 11 is 3.79. The van der Waals surface area contributed by atoms with E-state index in [1.54, 1.807) is 11.3 Å². The molecule has 86 valence electrons. The lowest BCUT2D eigenvalue weighted by atomic mass is 10.2. The third kappa shape index (κ3) is 5.54. The van der Waals surface area contributed by atoms with E-state index in [0.29, 0.717) is 6.04 Å². The Kier molecular flexibility index (Phi) is 6.29. The van der Waals surface area contributed by atoms with Crippen LogP contribution in [0, 0.1) is 6.92 Å². The number of hydrogen-bond acceptors (Lipinski definition) is 4. The van der Waals surface area contributed by atoms with Gasteiger partial charge in [0, 0.05) is 23.7 Å². The van der Waals surface area contributed by atoms with Gasteiger partial charge in [0.2, 0.25) is 0 Å². The van der Waals surface area contributed by atoms with Gasteiger partial charge in [-0.05, 0) is 31.8 Å². The smallest absolute Gasteiger partial charge is 0.0897 e. The summed E-state index contributed by atoms with van der Waals surface area (Å²) in [5, 5.41) is 4.68. The maximum Gasteiger partial charge on any atom is 0.0897 e. The largest absolute Gasteiger partial charge is 0.309 e. The molecule has 1 atom stereocenters. The first-order chi connectivity index (χ1) is 7.22. The Labute approximate surface area is 101 Å². The van der Waals surface area contributed by atoms with Crippen LogP contribution in [0.4, 0.5) is 0 Å². The van der Waals surface area contributed by atoms with Crippen molar-refractivity contribution in [3.8, 4) is 0 Å². The summed E-state index contributed by atoms with van der Waals surface area (Å²) in [5.74, 6) is 2.48. The van der Waals surface area contributed by atoms with Crippen molar-refractivity contribution in [2.24, 2.45) is 0 Å². The molecule has 1 N–H and O–H groups in total. The van der Waals surface area contributed by atoms with Crippen LogP contribution in [-0.2, 0) is 6.54 Å². The topological polar surface area (TPSA) is 24.9 Å². The fourth-order valence-corrected chi connectivity index (χ4v) is 2.82. The number of rotatable bonds is 7. The van der Waals surface area contributed by atoms with E-state index < -0.39 is 0 Å². The number of aryl methyl sites for hydroxylation is 1. The standard InChI is InChI=1S/C11H20N2S2/c1-4-14-6-5-9(2)12-7-11-8-13-10(3)15-11/h8-9,12H,4-7H2,1-3H3. The fourth-order valence-electron chi connectivity index (χ4n) is 1.27. The van der Waals surface area contributed by atoms with Crippen LogP contribution in [0.15, 0.2) is 6.20 Å². The summed E-state index contributed by atoms with van der Waals surface area (Å²) in [6.45, 7) is 7.48. The molecule has 0 aliphatic heterocycles. The van der Waals surface area contributed by atoms with E-state index in [-0.39, 0.29) is 0 Å². The third-order valence-electron chi connectivity index (χ3n) is 2.19. The Morgan fingerprint density at radius 2 is 2.40 bits per heavy atom. The molecule has 2 nitrogen and oxygen atoms in total. The van der Waals surface area contributed by atoms with E-state index in [4.69, 9.17) is 0 Å². The minimum Gasteiger partial charge on any atom is -0.309 e. The van der Waals surface area contributed by atoms with Gasteiger partial charge in [-0.3, -0.25) is 0 Å². The predicted molar refractivity (Wildman–Crippen MR) is 70.8 cm³/mol. The van der Waals surface area contributed by atoms with Crippen molar-refractivity contribution >= 4 is 23.1 Å². The lowest BCUT2D eigenvalue weighted by Crippen LogP contribution is -2.25. The van der Waals surface area contributed by atoms with Gasteiger partial charge in [-0.15, -0.1) is 11.3 Å². The van der Waals surface area contributed by atoms with E-state index in [2.05, 4.69) is 31.1 Å². The highest BCUT2D eigenvalue weighted by atomic mass is 32.2. The molecule has 1 rings (SSSR count). The highest BCUT2D eigenvalue weighted by Gasteiger charge is 2.02. The molecule has 1 aromatic rings. The molecular weight excluding hydrogens is 224 g/mol. The minimum absolute atomic E-state index is 0.603. The molecule has 0 saturated heterocycles. The van der Waals surface area contributed by atoms with Crippen LogP contribution >= 0.6 is 23.1 Å². The number of hydrogen-bond donors (Lipinski definition) is 1. The molecule has 1 unspecified atom stereocenters. The zero-order chi connectivity index (χ0) is 11.1. The van der Waals surface area contributed by atoms with Crippen LogP contribution in [0.1, 0.15) is 30.2 Å². The van der Waals surface area contributed by atoms with E-state index in [1.807, 2.05) is 18.0 Å². The summed E-state index contributed by atoms with van der Waals surface area (Å²) in [6, 6.07) is 0.603. The van der Waals surface area contributed by atoms with Gasteiger partial charge >= 0.3 is 0 Å². The van der Waals surface area contributed by atoms with Gasteiger partial charge in [0.15, 0.2) is 0 Å². The number of aromatic nitrogens is 1. The Hall–Kier alpha value is -0.0600. The van der Waals surface area contributed by atoms with E-state index in [1.165, 1.54) is 22.8 Å². The van der Waals surface area contributed by atoms with Crippen LogP contribution in [0.2, 0.25) is 0 Å². The highest BCUT2D eigenvalue weighted by Crippen LogP contribution is 2.11. The van der Waals surface area contributed by atoms with Crippen molar-refractivity contribution in [3.63, 3.8) is 0 Å².